The molecule has 1 aromatic carbocycles. The minimum Gasteiger partial charge on any atom is -0.308 e. The zero-order valence-corrected chi connectivity index (χ0v) is 12.3. The zero-order valence-electron chi connectivity index (χ0n) is 12.3. The second-order valence-corrected chi connectivity index (χ2v) is 5.75. The number of benzene rings is 1. The summed E-state index contributed by atoms with van der Waals surface area (Å²) in [6, 6.07) is 11.4. The Morgan fingerprint density at radius 1 is 1.25 bits per heavy atom. The Labute approximate surface area is 121 Å². The Morgan fingerprint density at radius 2 is 1.95 bits per heavy atom. The maximum Gasteiger partial charge on any atom is 0.0553 e. The first kappa shape index (κ1) is 13.4. The molecule has 0 saturated heterocycles. The van der Waals surface area contributed by atoms with Gasteiger partial charge in [0.05, 0.1) is 11.7 Å². The van der Waals surface area contributed by atoms with Crippen molar-refractivity contribution in [2.75, 3.05) is 6.54 Å². The highest BCUT2D eigenvalue weighted by Crippen LogP contribution is 2.35. The molecule has 1 atom stereocenters. The lowest BCUT2D eigenvalue weighted by Crippen LogP contribution is -2.31. The van der Waals surface area contributed by atoms with Crippen LogP contribution in [0.4, 0.5) is 0 Å². The molecule has 1 N–H and O–H groups in total. The van der Waals surface area contributed by atoms with Crippen LogP contribution in [0.25, 0.3) is 0 Å². The lowest BCUT2D eigenvalue weighted by Gasteiger charge is -2.25. The van der Waals surface area contributed by atoms with E-state index in [0.29, 0.717) is 12.0 Å². The van der Waals surface area contributed by atoms with Gasteiger partial charge >= 0.3 is 0 Å². The maximum absolute atomic E-state index is 4.34. The number of rotatable bonds is 5. The van der Waals surface area contributed by atoms with Gasteiger partial charge in [-0.05, 0) is 48.9 Å². The lowest BCUT2D eigenvalue weighted by molar-refractivity contribution is 0.356. The monoisotopic (exact) mass is 269 g/mol. The standard InChI is InChI=1S/C17H23N3/c1-3-9-18-17(16-8-10-19-20(16)2)15-11-13-6-4-5-7-14(13)12-15/h4-8,10,15,17-18H,3,9,11-12H2,1-2H3. The second-order valence-electron chi connectivity index (χ2n) is 5.75. The average molecular weight is 269 g/mol. The van der Waals surface area contributed by atoms with Crippen molar-refractivity contribution in [2.24, 2.45) is 13.0 Å². The van der Waals surface area contributed by atoms with E-state index < -0.39 is 0 Å². The predicted molar refractivity (Wildman–Crippen MR) is 81.6 cm³/mol. The van der Waals surface area contributed by atoms with Crippen molar-refractivity contribution in [3.8, 4) is 0 Å². The van der Waals surface area contributed by atoms with Gasteiger partial charge in [-0.3, -0.25) is 4.68 Å². The number of nitrogens with zero attached hydrogens (tertiary/aromatic N) is 2. The number of hydrogen-bond donors (Lipinski definition) is 1. The molecule has 0 saturated carbocycles. The van der Waals surface area contributed by atoms with Gasteiger partial charge in [-0.1, -0.05) is 31.2 Å². The molecule has 106 valence electrons. The minimum absolute atomic E-state index is 0.398. The Hall–Kier alpha value is -1.61. The number of hydrogen-bond acceptors (Lipinski definition) is 2. The van der Waals surface area contributed by atoms with Crippen molar-refractivity contribution < 1.29 is 0 Å². The van der Waals surface area contributed by atoms with Crippen molar-refractivity contribution in [3.63, 3.8) is 0 Å². The number of nitrogens with one attached hydrogen (secondary N) is 1. The maximum atomic E-state index is 4.34. The molecule has 2 aromatic rings. The number of aromatic nitrogens is 2. The Bertz CT molecular complexity index is 548. The molecule has 0 aliphatic heterocycles. The zero-order chi connectivity index (χ0) is 13.9. The molecule has 0 amide bonds. The van der Waals surface area contributed by atoms with Gasteiger partial charge in [0, 0.05) is 13.2 Å². The van der Waals surface area contributed by atoms with E-state index in [0.717, 1.165) is 13.0 Å². The molecule has 3 nitrogen and oxygen atoms in total. The van der Waals surface area contributed by atoms with E-state index >= 15 is 0 Å². The van der Waals surface area contributed by atoms with Crippen LogP contribution in [-0.2, 0) is 19.9 Å². The molecule has 3 rings (SSSR count). The van der Waals surface area contributed by atoms with E-state index in [1.807, 2.05) is 17.9 Å². The second kappa shape index (κ2) is 5.80. The molecule has 1 aliphatic rings. The molecular weight excluding hydrogens is 246 g/mol. The van der Waals surface area contributed by atoms with Crippen molar-refractivity contribution in [1.29, 1.82) is 0 Å². The third-order valence-corrected chi connectivity index (χ3v) is 4.35. The van der Waals surface area contributed by atoms with Crippen LogP contribution in [0, 0.1) is 5.92 Å². The first-order valence-corrected chi connectivity index (χ1v) is 7.57. The van der Waals surface area contributed by atoms with Crippen LogP contribution in [0.2, 0.25) is 0 Å². The Kier molecular flexibility index (Phi) is 3.88. The Morgan fingerprint density at radius 3 is 2.50 bits per heavy atom. The summed E-state index contributed by atoms with van der Waals surface area (Å²) in [5.74, 6) is 0.634. The summed E-state index contributed by atoms with van der Waals surface area (Å²) >= 11 is 0. The number of fused-ring (bicyclic) bond motifs is 1. The molecule has 0 radical (unpaired) electrons. The highest BCUT2D eigenvalue weighted by atomic mass is 15.3. The Balaban J connectivity index is 1.83. The van der Waals surface area contributed by atoms with Crippen LogP contribution in [0.1, 0.15) is 36.2 Å². The van der Waals surface area contributed by atoms with Gasteiger partial charge in [0.2, 0.25) is 0 Å². The fourth-order valence-electron chi connectivity index (χ4n) is 3.33. The fraction of sp³-hybridized carbons (Fsp3) is 0.471. The fourth-order valence-corrected chi connectivity index (χ4v) is 3.33. The van der Waals surface area contributed by atoms with E-state index in [9.17, 15) is 0 Å². The lowest BCUT2D eigenvalue weighted by atomic mass is 9.93. The third kappa shape index (κ3) is 2.50. The van der Waals surface area contributed by atoms with E-state index in [4.69, 9.17) is 0 Å². The molecule has 0 spiro atoms. The highest BCUT2D eigenvalue weighted by Gasteiger charge is 2.30. The molecule has 0 fully saturated rings. The van der Waals surface area contributed by atoms with Crippen LogP contribution in [0.3, 0.4) is 0 Å². The van der Waals surface area contributed by atoms with Gasteiger partial charge in [-0.2, -0.15) is 5.10 Å². The van der Waals surface area contributed by atoms with Gasteiger partial charge < -0.3 is 5.32 Å². The predicted octanol–water partition coefficient (Wildman–Crippen LogP) is 2.88. The topological polar surface area (TPSA) is 29.9 Å². The molecule has 3 heteroatoms. The first-order chi connectivity index (χ1) is 9.79. The average Bonchev–Trinajstić information content (AvgIpc) is 3.06. The van der Waals surface area contributed by atoms with Gasteiger partial charge in [0.25, 0.3) is 0 Å². The van der Waals surface area contributed by atoms with Crippen LogP contribution >= 0.6 is 0 Å². The van der Waals surface area contributed by atoms with Crippen molar-refractivity contribution in [2.45, 2.75) is 32.2 Å². The summed E-state index contributed by atoms with van der Waals surface area (Å²) in [5.41, 5.74) is 4.34. The molecule has 1 aromatic heterocycles. The first-order valence-electron chi connectivity index (χ1n) is 7.57. The molecule has 20 heavy (non-hydrogen) atoms. The van der Waals surface area contributed by atoms with E-state index in [1.54, 1.807) is 0 Å². The molecule has 1 heterocycles. The van der Waals surface area contributed by atoms with Crippen molar-refractivity contribution >= 4 is 0 Å². The van der Waals surface area contributed by atoms with Crippen molar-refractivity contribution in [3.05, 3.63) is 53.3 Å². The largest absolute Gasteiger partial charge is 0.308 e. The van der Waals surface area contributed by atoms with E-state index in [1.165, 1.54) is 29.7 Å². The van der Waals surface area contributed by atoms with Crippen LogP contribution in [-0.4, -0.2) is 16.3 Å². The van der Waals surface area contributed by atoms with Crippen LogP contribution in [0.5, 0.6) is 0 Å². The van der Waals surface area contributed by atoms with E-state index in [-0.39, 0.29) is 0 Å². The molecule has 1 aliphatic carbocycles. The van der Waals surface area contributed by atoms with Crippen molar-refractivity contribution in [1.82, 2.24) is 15.1 Å². The minimum atomic E-state index is 0.398. The summed E-state index contributed by atoms with van der Waals surface area (Å²) in [6.45, 7) is 3.28. The summed E-state index contributed by atoms with van der Waals surface area (Å²) in [7, 11) is 2.04. The van der Waals surface area contributed by atoms with E-state index in [2.05, 4.69) is 47.7 Å². The highest BCUT2D eigenvalue weighted by molar-refractivity contribution is 5.33. The number of aryl methyl sites for hydroxylation is 1. The van der Waals surface area contributed by atoms with Gasteiger partial charge in [0.1, 0.15) is 0 Å². The summed E-state index contributed by atoms with van der Waals surface area (Å²) in [4.78, 5) is 0. The summed E-state index contributed by atoms with van der Waals surface area (Å²) < 4.78 is 2.01. The molecular formula is C17H23N3. The third-order valence-electron chi connectivity index (χ3n) is 4.35. The van der Waals surface area contributed by atoms with Crippen LogP contribution < -0.4 is 5.32 Å². The molecule has 0 bridgehead atoms. The van der Waals surface area contributed by atoms with Gasteiger partial charge in [0.15, 0.2) is 0 Å². The normalized spacial score (nSPS) is 16.3. The molecule has 1 unspecified atom stereocenters. The van der Waals surface area contributed by atoms with Gasteiger partial charge in [-0.15, -0.1) is 0 Å². The van der Waals surface area contributed by atoms with Crippen LogP contribution in [0.15, 0.2) is 36.5 Å². The summed E-state index contributed by atoms with van der Waals surface area (Å²) in [5, 5.41) is 8.07. The quantitative estimate of drug-likeness (QED) is 0.904. The smallest absolute Gasteiger partial charge is 0.0553 e. The van der Waals surface area contributed by atoms with Gasteiger partial charge in [-0.25, -0.2) is 0 Å². The summed E-state index contributed by atoms with van der Waals surface area (Å²) in [6.07, 6.45) is 5.40. The SMILES string of the molecule is CCCNC(c1ccnn1C)C1Cc2ccccc2C1.